The van der Waals surface area contributed by atoms with Crippen molar-refractivity contribution in [3.05, 3.63) is 49.6 Å². The maximum absolute atomic E-state index is 14.4. The molecule has 1 aromatic heterocycles. The van der Waals surface area contributed by atoms with Crippen LogP contribution in [0.25, 0.3) is 0 Å². The summed E-state index contributed by atoms with van der Waals surface area (Å²) in [5.41, 5.74) is 0.304. The number of nitrogens with zero attached hydrogens (tertiary/aromatic N) is 1. The van der Waals surface area contributed by atoms with Crippen LogP contribution in [0.5, 0.6) is 0 Å². The third-order valence-electron chi connectivity index (χ3n) is 5.48. The van der Waals surface area contributed by atoms with E-state index in [9.17, 15) is 22.7 Å². The van der Waals surface area contributed by atoms with E-state index in [0.717, 1.165) is 0 Å². The van der Waals surface area contributed by atoms with Crippen LogP contribution in [-0.2, 0) is 17.1 Å². The Hall–Kier alpha value is -1.66. The van der Waals surface area contributed by atoms with Crippen molar-refractivity contribution in [3.63, 3.8) is 0 Å². The maximum atomic E-state index is 14.4. The van der Waals surface area contributed by atoms with Crippen LogP contribution in [0.15, 0.2) is 29.1 Å². The quantitative estimate of drug-likeness (QED) is 0.437. The molecule has 3 N–H and O–H groups in total. The van der Waals surface area contributed by atoms with Gasteiger partial charge in [0.15, 0.2) is 0 Å². The second kappa shape index (κ2) is 8.46. The number of hydrogen-bond donors (Lipinski definition) is 3. The van der Waals surface area contributed by atoms with Crippen LogP contribution >= 0.6 is 22.6 Å². The van der Waals surface area contributed by atoms with E-state index < -0.39 is 26.7 Å². The van der Waals surface area contributed by atoms with Crippen LogP contribution in [0.2, 0.25) is 0 Å². The lowest BCUT2D eigenvalue weighted by atomic mass is 10.1. The summed E-state index contributed by atoms with van der Waals surface area (Å²) in [4.78, 5) is 12.4. The lowest BCUT2D eigenvalue weighted by molar-refractivity contribution is 0.156. The number of aliphatic hydroxyl groups is 1. The molecule has 0 amide bonds. The predicted octanol–water partition coefficient (Wildman–Crippen LogP) is 3.62. The van der Waals surface area contributed by atoms with Crippen molar-refractivity contribution in [1.29, 1.82) is 0 Å². The van der Waals surface area contributed by atoms with Crippen molar-refractivity contribution in [3.8, 4) is 0 Å². The lowest BCUT2D eigenvalue weighted by Gasteiger charge is -2.23. The van der Waals surface area contributed by atoms with E-state index in [4.69, 9.17) is 0 Å². The summed E-state index contributed by atoms with van der Waals surface area (Å²) >= 11 is 1.99. The van der Waals surface area contributed by atoms with Crippen LogP contribution in [0.3, 0.4) is 0 Å². The first-order chi connectivity index (χ1) is 14.0. The molecule has 0 aliphatic heterocycles. The first kappa shape index (κ1) is 23.0. The fourth-order valence-electron chi connectivity index (χ4n) is 3.39. The lowest BCUT2D eigenvalue weighted by Crippen LogP contribution is -2.34. The Labute approximate surface area is 188 Å². The fourth-order valence-corrected chi connectivity index (χ4v) is 5.56. The molecule has 7 nitrogen and oxygen atoms in total. The van der Waals surface area contributed by atoms with Gasteiger partial charge in [0.2, 0.25) is 10.0 Å². The first-order valence-electron chi connectivity index (χ1n) is 9.63. The van der Waals surface area contributed by atoms with Crippen LogP contribution in [0, 0.1) is 16.3 Å². The van der Waals surface area contributed by atoms with Crippen LogP contribution < -0.4 is 15.6 Å². The van der Waals surface area contributed by atoms with Gasteiger partial charge in [-0.2, -0.15) is 0 Å². The molecule has 164 valence electrons. The van der Waals surface area contributed by atoms with E-state index >= 15 is 0 Å². The number of anilines is 3. The van der Waals surface area contributed by atoms with E-state index in [1.54, 1.807) is 19.9 Å². The molecule has 1 aliphatic carbocycles. The molecule has 1 atom stereocenters. The topological polar surface area (TPSA) is 100 Å². The summed E-state index contributed by atoms with van der Waals surface area (Å²) in [7, 11) is -2.35. The number of pyridine rings is 1. The molecule has 10 heteroatoms. The number of rotatable bonds is 8. The minimum absolute atomic E-state index is 0.122. The first-order valence-corrected chi connectivity index (χ1v) is 12.2. The van der Waals surface area contributed by atoms with E-state index in [1.807, 2.05) is 22.6 Å². The second-order valence-electron chi connectivity index (χ2n) is 7.76. The molecule has 30 heavy (non-hydrogen) atoms. The van der Waals surface area contributed by atoms with E-state index in [0.29, 0.717) is 28.4 Å². The zero-order chi connectivity index (χ0) is 22.3. The Bertz CT molecular complexity index is 1130. The molecule has 0 saturated heterocycles. The highest BCUT2D eigenvalue weighted by atomic mass is 127. The molecule has 0 bridgehead atoms. The van der Waals surface area contributed by atoms with E-state index in [2.05, 4.69) is 10.0 Å². The number of aromatic nitrogens is 1. The van der Waals surface area contributed by atoms with Gasteiger partial charge in [-0.3, -0.25) is 14.1 Å². The Morgan fingerprint density at radius 3 is 2.53 bits per heavy atom. The number of nitrogens with one attached hydrogen (secondary N) is 2. The smallest absolute Gasteiger partial charge is 0.254 e. The molecule has 1 saturated carbocycles. The van der Waals surface area contributed by atoms with Crippen LogP contribution in [-0.4, -0.2) is 28.9 Å². The zero-order valence-corrected chi connectivity index (χ0v) is 20.0. The summed E-state index contributed by atoms with van der Waals surface area (Å²) in [6, 6.07) is 6.01. The molecule has 0 spiro atoms. The Kier molecular flexibility index (Phi) is 6.49. The monoisotopic (exact) mass is 549 g/mol. The fraction of sp³-hybridized carbons (Fsp3) is 0.450. The summed E-state index contributed by atoms with van der Waals surface area (Å²) in [6.07, 6.45) is 0.828. The summed E-state index contributed by atoms with van der Waals surface area (Å²) < 4.78 is 44.2. The normalized spacial score (nSPS) is 16.2. The summed E-state index contributed by atoms with van der Waals surface area (Å²) in [6.45, 7) is 3.39. The van der Waals surface area contributed by atoms with Gasteiger partial charge in [0.05, 0.1) is 22.2 Å². The molecule has 2 aromatic rings. The molecular weight excluding hydrogens is 524 g/mol. The van der Waals surface area contributed by atoms with Crippen molar-refractivity contribution < 1.29 is 17.9 Å². The number of hydrogen-bond acceptors (Lipinski definition) is 5. The van der Waals surface area contributed by atoms with Gasteiger partial charge < -0.3 is 10.4 Å². The second-order valence-corrected chi connectivity index (χ2v) is 11.1. The predicted molar refractivity (Wildman–Crippen MR) is 124 cm³/mol. The number of aryl methyl sites for hydroxylation is 1. The molecule has 0 radical (unpaired) electrons. The van der Waals surface area contributed by atoms with Crippen molar-refractivity contribution in [1.82, 2.24) is 4.57 Å². The Morgan fingerprint density at radius 2 is 1.97 bits per heavy atom. The van der Waals surface area contributed by atoms with Gasteiger partial charge in [-0.25, -0.2) is 12.8 Å². The average molecular weight is 549 g/mol. The number of halogens is 2. The minimum atomic E-state index is -3.85. The highest BCUT2D eigenvalue weighted by molar-refractivity contribution is 14.1. The van der Waals surface area contributed by atoms with Gasteiger partial charge in [-0.1, -0.05) is 6.92 Å². The van der Waals surface area contributed by atoms with Gasteiger partial charge in [-0.15, -0.1) is 0 Å². The molecule has 1 fully saturated rings. The molecule has 1 aromatic carbocycles. The van der Waals surface area contributed by atoms with Crippen molar-refractivity contribution in [2.45, 2.75) is 50.4 Å². The van der Waals surface area contributed by atoms with Gasteiger partial charge in [0, 0.05) is 16.2 Å². The van der Waals surface area contributed by atoms with Crippen molar-refractivity contribution in [2.24, 2.45) is 7.05 Å². The molecule has 1 aliphatic rings. The average Bonchev–Trinajstić information content (AvgIpc) is 3.45. The number of benzene rings is 1. The molecule has 0 unspecified atom stereocenters. The van der Waals surface area contributed by atoms with E-state index in [-0.39, 0.29) is 29.2 Å². The Balaban J connectivity index is 2.01. The van der Waals surface area contributed by atoms with Gasteiger partial charge >= 0.3 is 0 Å². The molecule has 1 heterocycles. The SMILES string of the molecule is CC[C@@H](O)CC1(S(=O)(=O)Nc2cc(C)c(=O)n(C)c2Nc2ccc(I)cc2F)CC1. The van der Waals surface area contributed by atoms with Crippen molar-refractivity contribution in [2.75, 3.05) is 10.0 Å². The number of sulfonamides is 1. The standard InChI is InChI=1S/C20H25FIN3O4S/c1-4-14(26)11-20(7-8-20)30(28,29)24-17-9-12(2)19(27)25(3)18(17)23-16-6-5-13(22)10-15(16)21/h5-6,9-10,14,23-24,26H,4,7-8,11H2,1-3H3/t14-/m1/s1. The van der Waals surface area contributed by atoms with E-state index in [1.165, 1.54) is 29.8 Å². The Morgan fingerprint density at radius 1 is 1.30 bits per heavy atom. The summed E-state index contributed by atoms with van der Waals surface area (Å²) in [5, 5.41) is 12.9. The maximum Gasteiger partial charge on any atom is 0.254 e. The summed E-state index contributed by atoms with van der Waals surface area (Å²) in [5.74, 6) is -0.380. The third kappa shape index (κ3) is 4.50. The van der Waals surface area contributed by atoms with Gasteiger partial charge in [-0.05, 0) is 79.5 Å². The minimum Gasteiger partial charge on any atom is -0.393 e. The number of aliphatic hydroxyl groups excluding tert-OH is 1. The third-order valence-corrected chi connectivity index (χ3v) is 8.35. The van der Waals surface area contributed by atoms with Gasteiger partial charge in [0.25, 0.3) is 5.56 Å². The van der Waals surface area contributed by atoms with Crippen molar-refractivity contribution >= 4 is 49.8 Å². The largest absolute Gasteiger partial charge is 0.393 e. The molecule has 3 rings (SSSR count). The highest BCUT2D eigenvalue weighted by Crippen LogP contribution is 2.48. The van der Waals surface area contributed by atoms with Crippen LogP contribution in [0.4, 0.5) is 21.6 Å². The molecular formula is C20H25FIN3O4S. The zero-order valence-electron chi connectivity index (χ0n) is 17.0. The highest BCUT2D eigenvalue weighted by Gasteiger charge is 2.55. The van der Waals surface area contributed by atoms with Gasteiger partial charge in [0.1, 0.15) is 11.6 Å². The van der Waals surface area contributed by atoms with Crippen LogP contribution in [0.1, 0.15) is 38.2 Å².